The first-order chi connectivity index (χ1) is 25.4. The number of hydrogen-bond acceptors (Lipinski definition) is 11. The summed E-state index contributed by atoms with van der Waals surface area (Å²) in [6.45, 7) is 4.73. The quantitative estimate of drug-likeness (QED) is 0.143. The maximum absolute atomic E-state index is 13.2. The van der Waals surface area contributed by atoms with Crippen molar-refractivity contribution in [3.05, 3.63) is 76.0 Å². The molecule has 0 radical (unpaired) electrons. The topological polar surface area (TPSA) is 172 Å². The minimum Gasteiger partial charge on any atom is -0.361 e. The van der Waals surface area contributed by atoms with Gasteiger partial charge in [-0.25, -0.2) is 4.98 Å². The molecular formula is C34H31ClF6N8O5. The summed E-state index contributed by atoms with van der Waals surface area (Å²) in [5.74, 6) is -5.30. The normalized spacial score (nSPS) is 14.5. The number of anilines is 5. The molecule has 4 aromatic rings. The standard InChI is InChI=1S/C30H31ClN8O3.C4F6O2/c1-17-27(18(2)42-38-17)29(41)39-9-7-19(8-10-39)12-26(40)36-25-6-5-22-13-21(25)4-3-20-11-23(15-32-14-20)35-30-33-16-24(31)28(34-22)37-30;5-3(6,7)1(11)2(12)4(8,9)10/h5-6,11,13-16,19H,3-4,7-10,12H2,1-2H3,(H,36,40)(H2,33,34,35,37);. The number of aromatic nitrogens is 4. The number of Topliss-reactive ketones (excluding diaryl/α,β-unsaturated/α-hetero) is 2. The molecule has 2 aliphatic rings. The van der Waals surface area contributed by atoms with Crippen LogP contribution in [0, 0.1) is 19.8 Å². The molecule has 0 unspecified atom stereocenters. The van der Waals surface area contributed by atoms with Crippen LogP contribution in [-0.2, 0) is 27.2 Å². The number of halogens is 7. The molecule has 2 amide bonds. The van der Waals surface area contributed by atoms with E-state index in [1.807, 2.05) is 35.4 Å². The molecule has 3 aromatic heterocycles. The Kier molecular flexibility index (Phi) is 11.9. The predicted octanol–water partition coefficient (Wildman–Crippen LogP) is 6.85. The summed E-state index contributed by atoms with van der Waals surface area (Å²) < 4.78 is 72.1. The highest BCUT2D eigenvalue weighted by atomic mass is 35.5. The lowest BCUT2D eigenvalue weighted by Crippen LogP contribution is -2.39. The second kappa shape index (κ2) is 16.2. The third-order valence-corrected chi connectivity index (χ3v) is 8.74. The first-order valence-corrected chi connectivity index (χ1v) is 16.6. The van der Waals surface area contributed by atoms with Crippen LogP contribution >= 0.6 is 11.6 Å². The number of carbonyl (C=O) groups excluding carboxylic acids is 4. The van der Waals surface area contributed by atoms with E-state index < -0.39 is 23.9 Å². The highest BCUT2D eigenvalue weighted by Gasteiger charge is 2.54. The zero-order chi connectivity index (χ0) is 39.4. The van der Waals surface area contributed by atoms with Crippen molar-refractivity contribution < 1.29 is 50.0 Å². The first-order valence-electron chi connectivity index (χ1n) is 16.3. The van der Waals surface area contributed by atoms with Gasteiger partial charge in [0, 0.05) is 37.1 Å². The number of nitrogens with zero attached hydrogens (tertiary/aromatic N) is 5. The zero-order valence-corrected chi connectivity index (χ0v) is 29.2. The number of alkyl halides is 6. The van der Waals surface area contributed by atoms with E-state index in [-0.39, 0.29) is 17.7 Å². The maximum Gasteiger partial charge on any atom is 0.458 e. The fourth-order valence-electron chi connectivity index (χ4n) is 5.76. The van der Waals surface area contributed by atoms with Crippen LogP contribution in [0.15, 0.2) is 47.4 Å². The van der Waals surface area contributed by atoms with E-state index in [9.17, 15) is 45.5 Å². The molecule has 0 spiro atoms. The molecule has 3 N–H and O–H groups in total. The van der Waals surface area contributed by atoms with Gasteiger partial charge >= 0.3 is 23.9 Å². The van der Waals surface area contributed by atoms with Crippen LogP contribution in [0.2, 0.25) is 5.02 Å². The SMILES string of the molecule is Cc1noc(C)c1C(=O)N1CCC(CC(=O)Nc2ccc3cc2CCc2cncc(c2)Nc2ncc(Cl)c(n2)N3)CC1.O=C(C(=O)C(F)(F)F)C(F)(F)F. The van der Waals surface area contributed by atoms with Crippen molar-refractivity contribution in [2.75, 3.05) is 29.0 Å². The van der Waals surface area contributed by atoms with Crippen molar-refractivity contribution >= 4 is 63.8 Å². The van der Waals surface area contributed by atoms with Gasteiger partial charge in [0.05, 0.1) is 23.8 Å². The van der Waals surface area contributed by atoms with Crippen LogP contribution < -0.4 is 16.0 Å². The number of rotatable bonds is 5. The smallest absolute Gasteiger partial charge is 0.361 e. The first kappa shape index (κ1) is 39.6. The number of pyridine rings is 1. The number of ketones is 2. The van der Waals surface area contributed by atoms with Crippen molar-refractivity contribution in [3.8, 4) is 0 Å². The molecule has 1 saturated heterocycles. The number of nitrogens with one attached hydrogen (secondary N) is 3. The van der Waals surface area contributed by atoms with Crippen LogP contribution in [0.5, 0.6) is 0 Å². The minimum absolute atomic E-state index is 0.0401. The molecule has 0 saturated carbocycles. The van der Waals surface area contributed by atoms with Gasteiger partial charge in [-0.3, -0.25) is 24.2 Å². The van der Waals surface area contributed by atoms with E-state index in [0.29, 0.717) is 59.7 Å². The third kappa shape index (κ3) is 9.88. The van der Waals surface area contributed by atoms with E-state index in [2.05, 4.69) is 36.1 Å². The predicted molar refractivity (Wildman–Crippen MR) is 182 cm³/mol. The molecule has 2 aliphatic heterocycles. The molecule has 1 fully saturated rings. The highest BCUT2D eigenvalue weighted by Crippen LogP contribution is 2.31. The van der Waals surface area contributed by atoms with Crippen LogP contribution in [0.4, 0.5) is 55.2 Å². The van der Waals surface area contributed by atoms with E-state index in [0.717, 1.165) is 47.5 Å². The van der Waals surface area contributed by atoms with Crippen molar-refractivity contribution in [1.82, 2.24) is 25.0 Å². The van der Waals surface area contributed by atoms with E-state index >= 15 is 0 Å². The van der Waals surface area contributed by atoms with Crippen molar-refractivity contribution in [2.45, 2.75) is 58.3 Å². The summed E-state index contributed by atoms with van der Waals surface area (Å²) in [6, 6.07) is 7.82. The fraction of sp³-hybridized carbons (Fsp3) is 0.353. The van der Waals surface area contributed by atoms with Crippen LogP contribution in [0.3, 0.4) is 0 Å². The Morgan fingerprint density at radius 2 is 1.61 bits per heavy atom. The summed E-state index contributed by atoms with van der Waals surface area (Å²) in [5.41, 5.74) is 5.52. The van der Waals surface area contributed by atoms with Gasteiger partial charge in [-0.15, -0.1) is 0 Å². The number of aryl methyl sites for hydroxylation is 4. The van der Waals surface area contributed by atoms with Crippen molar-refractivity contribution in [3.63, 3.8) is 0 Å². The van der Waals surface area contributed by atoms with Gasteiger partial charge in [-0.2, -0.15) is 31.3 Å². The number of likely N-dealkylation sites (tertiary alicyclic amines) is 1. The molecule has 6 rings (SSSR count). The second-order valence-corrected chi connectivity index (χ2v) is 12.8. The number of amides is 2. The average Bonchev–Trinajstić information content (AvgIpc) is 3.45. The Hall–Kier alpha value is -5.59. The summed E-state index contributed by atoms with van der Waals surface area (Å²) in [6.07, 6.45) is -3.11. The number of benzene rings is 1. The van der Waals surface area contributed by atoms with Gasteiger partial charge in [0.25, 0.3) is 5.91 Å². The zero-order valence-electron chi connectivity index (χ0n) is 28.5. The van der Waals surface area contributed by atoms with E-state index in [4.69, 9.17) is 16.1 Å². The number of piperidine rings is 1. The second-order valence-electron chi connectivity index (χ2n) is 12.4. The number of fused-ring (bicyclic) bond motifs is 6. The Bertz CT molecular complexity index is 2020. The van der Waals surface area contributed by atoms with Gasteiger partial charge in [0.1, 0.15) is 16.3 Å². The minimum atomic E-state index is -5.77. The Morgan fingerprint density at radius 3 is 2.24 bits per heavy atom. The molecule has 6 bridgehead atoms. The lowest BCUT2D eigenvalue weighted by atomic mass is 9.92. The molecule has 286 valence electrons. The fourth-order valence-corrected chi connectivity index (χ4v) is 5.90. The summed E-state index contributed by atoms with van der Waals surface area (Å²) >= 11 is 6.38. The highest BCUT2D eigenvalue weighted by molar-refractivity contribution is 6.41. The lowest BCUT2D eigenvalue weighted by molar-refractivity contribution is -0.193. The van der Waals surface area contributed by atoms with Gasteiger partial charge < -0.3 is 25.4 Å². The lowest BCUT2D eigenvalue weighted by Gasteiger charge is -2.31. The van der Waals surface area contributed by atoms with Crippen LogP contribution in [-0.4, -0.2) is 73.8 Å². The third-order valence-electron chi connectivity index (χ3n) is 8.46. The van der Waals surface area contributed by atoms with E-state index in [1.54, 1.807) is 26.2 Å². The van der Waals surface area contributed by atoms with Gasteiger partial charge in [0.15, 0.2) is 5.82 Å². The van der Waals surface area contributed by atoms with Gasteiger partial charge in [-0.1, -0.05) is 16.8 Å². The van der Waals surface area contributed by atoms with Crippen molar-refractivity contribution in [1.29, 1.82) is 0 Å². The van der Waals surface area contributed by atoms with Gasteiger partial charge in [0.2, 0.25) is 11.9 Å². The molecule has 5 heterocycles. The summed E-state index contributed by atoms with van der Waals surface area (Å²) in [7, 11) is 0. The molecule has 20 heteroatoms. The molecule has 1 aromatic carbocycles. The molecule has 54 heavy (non-hydrogen) atoms. The number of hydrogen-bond donors (Lipinski definition) is 3. The summed E-state index contributed by atoms with van der Waals surface area (Å²) in [4.78, 5) is 60.4. The molecule has 0 aliphatic carbocycles. The Balaban J connectivity index is 0.000000404. The monoisotopic (exact) mass is 780 g/mol. The molecule has 0 atom stereocenters. The Morgan fingerprint density at radius 1 is 0.926 bits per heavy atom. The molecular weight excluding hydrogens is 750 g/mol. The van der Waals surface area contributed by atoms with Crippen molar-refractivity contribution in [2.24, 2.45) is 5.92 Å². The molecule has 13 nitrogen and oxygen atoms in total. The average molecular weight is 781 g/mol. The van der Waals surface area contributed by atoms with E-state index in [1.165, 1.54) is 0 Å². The van der Waals surface area contributed by atoms with Crippen LogP contribution in [0.25, 0.3) is 0 Å². The summed E-state index contributed by atoms with van der Waals surface area (Å²) in [5, 5.41) is 13.9. The maximum atomic E-state index is 13.2. The van der Waals surface area contributed by atoms with Gasteiger partial charge in [-0.05, 0) is 80.8 Å². The van der Waals surface area contributed by atoms with Crippen LogP contribution in [0.1, 0.15) is 52.2 Å². The number of carbonyl (C=O) groups is 4. The largest absolute Gasteiger partial charge is 0.458 e. The Labute approximate surface area is 307 Å².